The number of hydrogen-bond acceptors (Lipinski definition) is 1. The Balaban J connectivity index is 2.52. The molecule has 0 fully saturated rings. The van der Waals surface area contributed by atoms with Crippen LogP contribution in [0.5, 0.6) is 5.75 Å². The molecule has 1 unspecified atom stereocenters. The van der Waals surface area contributed by atoms with Crippen LogP contribution in [0, 0.1) is 12.7 Å². The molecule has 0 heterocycles. The van der Waals surface area contributed by atoms with Crippen molar-refractivity contribution in [2.75, 3.05) is 7.11 Å². The number of halogens is 4. The van der Waals surface area contributed by atoms with E-state index in [1.165, 1.54) is 6.07 Å². The predicted molar refractivity (Wildman–Crippen MR) is 84.5 cm³/mol. The summed E-state index contributed by atoms with van der Waals surface area (Å²) in [5.41, 5.74) is 2.07. The second kappa shape index (κ2) is 6.33. The van der Waals surface area contributed by atoms with E-state index in [4.69, 9.17) is 27.9 Å². The fraction of sp³-hybridized carbons (Fsp3) is 0.200. The van der Waals surface area contributed by atoms with Crippen molar-refractivity contribution in [1.29, 1.82) is 0 Å². The number of hydrogen-bond donors (Lipinski definition) is 0. The maximum absolute atomic E-state index is 13.3. The second-order valence-corrected chi connectivity index (χ2v) is 6.11. The van der Waals surface area contributed by atoms with Crippen LogP contribution in [-0.4, -0.2) is 7.11 Å². The van der Waals surface area contributed by atoms with Gasteiger partial charge in [-0.2, -0.15) is 0 Å². The largest absolute Gasteiger partial charge is 0.495 e. The summed E-state index contributed by atoms with van der Waals surface area (Å²) in [5.74, 6) is 0.369. The van der Waals surface area contributed by atoms with Crippen LogP contribution in [0.1, 0.15) is 22.1 Å². The van der Waals surface area contributed by atoms with Gasteiger partial charge in [-0.05, 0) is 52.2 Å². The molecule has 0 aliphatic rings. The van der Waals surface area contributed by atoms with Crippen molar-refractivity contribution >= 4 is 39.1 Å². The lowest BCUT2D eigenvalue weighted by Gasteiger charge is -2.17. The van der Waals surface area contributed by atoms with Gasteiger partial charge < -0.3 is 4.74 Å². The Morgan fingerprint density at radius 3 is 2.55 bits per heavy atom. The summed E-state index contributed by atoms with van der Waals surface area (Å²) in [4.78, 5) is 0. The summed E-state index contributed by atoms with van der Waals surface area (Å²) in [6.45, 7) is 1.70. The van der Waals surface area contributed by atoms with Gasteiger partial charge in [-0.1, -0.05) is 23.7 Å². The highest BCUT2D eigenvalue weighted by Gasteiger charge is 2.19. The molecule has 1 atom stereocenters. The predicted octanol–water partition coefficient (Wildman–Crippen LogP) is 5.89. The fourth-order valence-corrected chi connectivity index (χ4v) is 3.28. The van der Waals surface area contributed by atoms with Gasteiger partial charge in [0.05, 0.1) is 17.0 Å². The number of benzene rings is 2. The summed E-state index contributed by atoms with van der Waals surface area (Å²) in [5, 5.41) is 0.0800. The van der Waals surface area contributed by atoms with Gasteiger partial charge >= 0.3 is 0 Å². The van der Waals surface area contributed by atoms with Crippen LogP contribution < -0.4 is 4.74 Å². The average Bonchev–Trinajstić information content (AvgIpc) is 2.40. The topological polar surface area (TPSA) is 9.23 Å². The van der Waals surface area contributed by atoms with Crippen LogP contribution in [0.2, 0.25) is 5.02 Å². The van der Waals surface area contributed by atoms with Crippen LogP contribution >= 0.6 is 39.1 Å². The molecule has 0 amide bonds. The monoisotopic (exact) mass is 376 g/mol. The number of ether oxygens (including phenoxy) is 1. The lowest BCUT2D eigenvalue weighted by Crippen LogP contribution is -1.99. The van der Waals surface area contributed by atoms with Crippen molar-refractivity contribution in [3.8, 4) is 5.75 Å². The number of rotatable bonds is 3. The summed E-state index contributed by atoms with van der Waals surface area (Å²) in [7, 11) is 1.57. The third-order valence-electron chi connectivity index (χ3n) is 2.99. The maximum Gasteiger partial charge on any atom is 0.138 e. The molecule has 20 heavy (non-hydrogen) atoms. The van der Waals surface area contributed by atoms with Gasteiger partial charge in [0.1, 0.15) is 11.6 Å². The van der Waals surface area contributed by atoms with E-state index in [0.717, 1.165) is 15.6 Å². The summed E-state index contributed by atoms with van der Waals surface area (Å²) in [6.07, 6.45) is 0. The van der Waals surface area contributed by atoms with E-state index in [1.54, 1.807) is 38.3 Å². The Hall–Kier alpha value is -0.770. The van der Waals surface area contributed by atoms with E-state index in [9.17, 15) is 4.39 Å². The first kappa shape index (κ1) is 15.6. The zero-order valence-electron chi connectivity index (χ0n) is 10.9. The Morgan fingerprint density at radius 1 is 1.25 bits per heavy atom. The van der Waals surface area contributed by atoms with Gasteiger partial charge in [0, 0.05) is 10.6 Å². The minimum Gasteiger partial charge on any atom is -0.495 e. The number of methoxy groups -OCH3 is 1. The van der Waals surface area contributed by atoms with Crippen LogP contribution in [0.4, 0.5) is 4.39 Å². The molecule has 0 aliphatic carbocycles. The third-order valence-corrected chi connectivity index (χ3v) is 4.28. The van der Waals surface area contributed by atoms with E-state index in [2.05, 4.69) is 15.9 Å². The molecule has 2 aromatic rings. The van der Waals surface area contributed by atoms with Crippen molar-refractivity contribution < 1.29 is 9.13 Å². The SMILES string of the molecule is COc1c(Br)cc(Cl)cc1C(Cl)c1ccc(F)c(C)c1. The fourth-order valence-electron chi connectivity index (χ4n) is 1.99. The molecule has 0 bridgehead atoms. The van der Waals surface area contributed by atoms with Crippen molar-refractivity contribution in [1.82, 2.24) is 0 Å². The van der Waals surface area contributed by atoms with E-state index in [-0.39, 0.29) is 5.82 Å². The van der Waals surface area contributed by atoms with E-state index < -0.39 is 5.38 Å². The zero-order valence-corrected chi connectivity index (χ0v) is 14.0. The lowest BCUT2D eigenvalue weighted by atomic mass is 10.0. The van der Waals surface area contributed by atoms with Crippen LogP contribution in [0.25, 0.3) is 0 Å². The zero-order chi connectivity index (χ0) is 14.9. The second-order valence-electron chi connectivity index (χ2n) is 4.38. The molecule has 0 N–H and O–H groups in total. The summed E-state index contributed by atoms with van der Waals surface area (Å²) >= 11 is 16.0. The molecule has 0 aromatic heterocycles. The van der Waals surface area contributed by atoms with Gasteiger partial charge in [0.25, 0.3) is 0 Å². The molecule has 0 radical (unpaired) electrons. The Bertz CT molecular complexity index is 646. The highest BCUT2D eigenvalue weighted by molar-refractivity contribution is 9.10. The quantitative estimate of drug-likeness (QED) is 0.606. The van der Waals surface area contributed by atoms with Crippen molar-refractivity contribution in [2.45, 2.75) is 12.3 Å². The molecular formula is C15H12BrCl2FO. The lowest BCUT2D eigenvalue weighted by molar-refractivity contribution is 0.407. The van der Waals surface area contributed by atoms with Gasteiger partial charge in [-0.15, -0.1) is 11.6 Å². The third kappa shape index (κ3) is 3.11. The molecule has 1 nitrogen and oxygen atoms in total. The van der Waals surface area contributed by atoms with E-state index in [1.807, 2.05) is 0 Å². The van der Waals surface area contributed by atoms with Crippen molar-refractivity contribution in [3.63, 3.8) is 0 Å². The van der Waals surface area contributed by atoms with Gasteiger partial charge in [0.15, 0.2) is 0 Å². The summed E-state index contributed by atoms with van der Waals surface area (Å²) in [6, 6.07) is 8.28. The summed E-state index contributed by atoms with van der Waals surface area (Å²) < 4.78 is 19.4. The first-order valence-corrected chi connectivity index (χ1v) is 7.48. The molecule has 0 spiro atoms. The Kier molecular flexibility index (Phi) is 4.95. The molecule has 2 rings (SSSR count). The minimum absolute atomic E-state index is 0.253. The Labute approximate surface area is 135 Å². The van der Waals surface area contributed by atoms with E-state index in [0.29, 0.717) is 16.3 Å². The van der Waals surface area contributed by atoms with Crippen LogP contribution in [-0.2, 0) is 0 Å². The van der Waals surface area contributed by atoms with Crippen LogP contribution in [0.3, 0.4) is 0 Å². The van der Waals surface area contributed by atoms with Gasteiger partial charge in [-0.3, -0.25) is 0 Å². The van der Waals surface area contributed by atoms with Crippen molar-refractivity contribution in [2.24, 2.45) is 0 Å². The maximum atomic E-state index is 13.3. The molecule has 5 heteroatoms. The molecule has 2 aromatic carbocycles. The normalized spacial score (nSPS) is 12.3. The van der Waals surface area contributed by atoms with Crippen molar-refractivity contribution in [3.05, 3.63) is 62.3 Å². The van der Waals surface area contributed by atoms with Gasteiger partial charge in [0.2, 0.25) is 0 Å². The molecule has 0 saturated heterocycles. The number of alkyl halides is 1. The smallest absolute Gasteiger partial charge is 0.138 e. The molecular weight excluding hydrogens is 366 g/mol. The Morgan fingerprint density at radius 2 is 1.95 bits per heavy atom. The van der Waals surface area contributed by atoms with Gasteiger partial charge in [-0.25, -0.2) is 4.39 Å². The standard InChI is InChI=1S/C15H12BrCl2FO/c1-8-5-9(3-4-13(8)19)14(18)11-6-10(17)7-12(16)15(11)20-2/h3-7,14H,1-2H3. The average molecular weight is 378 g/mol. The molecule has 0 aliphatic heterocycles. The molecule has 106 valence electrons. The minimum atomic E-state index is -0.473. The highest BCUT2D eigenvalue weighted by Crippen LogP contribution is 2.41. The van der Waals surface area contributed by atoms with E-state index >= 15 is 0 Å². The first-order valence-electron chi connectivity index (χ1n) is 5.87. The highest BCUT2D eigenvalue weighted by atomic mass is 79.9. The molecule has 0 saturated carbocycles. The first-order chi connectivity index (χ1) is 9.43. The van der Waals surface area contributed by atoms with Crippen LogP contribution in [0.15, 0.2) is 34.8 Å². The number of aryl methyl sites for hydroxylation is 1.